The summed E-state index contributed by atoms with van der Waals surface area (Å²) >= 11 is 0. The lowest BCUT2D eigenvalue weighted by molar-refractivity contribution is 0.482. The van der Waals surface area contributed by atoms with Crippen LogP contribution in [0.5, 0.6) is 0 Å². The van der Waals surface area contributed by atoms with Gasteiger partial charge in [0.2, 0.25) is 0 Å². The van der Waals surface area contributed by atoms with E-state index in [9.17, 15) is 0 Å². The normalized spacial score (nSPS) is 21.6. The van der Waals surface area contributed by atoms with Crippen LogP contribution in [0.2, 0.25) is 0 Å². The molecule has 0 saturated carbocycles. The van der Waals surface area contributed by atoms with Crippen LogP contribution in [0.15, 0.2) is 18.6 Å². The highest BCUT2D eigenvalue weighted by atomic mass is 15.2. The van der Waals surface area contributed by atoms with Crippen molar-refractivity contribution in [2.24, 2.45) is 0 Å². The molecule has 4 nitrogen and oxygen atoms in total. The Labute approximate surface area is 94.7 Å². The maximum absolute atomic E-state index is 4.45. The van der Waals surface area contributed by atoms with Crippen LogP contribution in [-0.2, 0) is 0 Å². The highest BCUT2D eigenvalue weighted by Gasteiger charge is 2.21. The molecule has 2 aromatic rings. The number of rotatable bonds is 1. The van der Waals surface area contributed by atoms with E-state index in [0.717, 1.165) is 23.4 Å². The first-order chi connectivity index (χ1) is 7.86. The zero-order chi connectivity index (χ0) is 11.0. The monoisotopic (exact) mass is 216 g/mol. The summed E-state index contributed by atoms with van der Waals surface area (Å²) in [5.74, 6) is 1.08. The summed E-state index contributed by atoms with van der Waals surface area (Å²) in [6.07, 6.45) is 7.43. The Morgan fingerprint density at radius 3 is 3.19 bits per heavy atom. The second-order valence-electron chi connectivity index (χ2n) is 4.48. The molecule has 0 aliphatic carbocycles. The van der Waals surface area contributed by atoms with Crippen molar-refractivity contribution in [3.63, 3.8) is 0 Å². The average molecular weight is 216 g/mol. The van der Waals surface area contributed by atoms with E-state index in [1.807, 2.05) is 6.20 Å². The fraction of sp³-hybridized carbons (Fsp3) is 0.500. The third kappa shape index (κ3) is 1.45. The van der Waals surface area contributed by atoms with Gasteiger partial charge in [0.15, 0.2) is 0 Å². The van der Waals surface area contributed by atoms with Crippen LogP contribution in [0.1, 0.15) is 26.2 Å². The standard InChI is InChI=1S/C12H16N4/c1-9-4-2-3-7-16(9)12-10-5-6-13-11(10)14-8-15-12/h5-6,8-9H,2-4,7H2,1H3,(H,13,14,15). The molecular formula is C12H16N4. The lowest BCUT2D eigenvalue weighted by Gasteiger charge is -2.34. The second kappa shape index (κ2) is 3.77. The summed E-state index contributed by atoms with van der Waals surface area (Å²) in [5, 5.41) is 1.14. The van der Waals surface area contributed by atoms with E-state index in [4.69, 9.17) is 0 Å². The van der Waals surface area contributed by atoms with Gasteiger partial charge in [0.1, 0.15) is 17.8 Å². The molecule has 1 atom stereocenters. The smallest absolute Gasteiger partial charge is 0.142 e. The molecule has 1 aliphatic rings. The topological polar surface area (TPSA) is 44.8 Å². The van der Waals surface area contributed by atoms with E-state index in [1.54, 1.807) is 6.33 Å². The minimum atomic E-state index is 0.585. The van der Waals surface area contributed by atoms with Crippen molar-refractivity contribution in [3.8, 4) is 0 Å². The Bertz CT molecular complexity index is 490. The molecule has 1 N–H and O–H groups in total. The number of hydrogen-bond donors (Lipinski definition) is 1. The van der Waals surface area contributed by atoms with Gasteiger partial charge < -0.3 is 9.88 Å². The molecule has 0 aromatic carbocycles. The van der Waals surface area contributed by atoms with Gasteiger partial charge >= 0.3 is 0 Å². The summed E-state index contributed by atoms with van der Waals surface area (Å²) in [5.41, 5.74) is 0.933. The molecule has 1 saturated heterocycles. The Morgan fingerprint density at radius 2 is 2.31 bits per heavy atom. The van der Waals surface area contributed by atoms with Crippen LogP contribution in [0.25, 0.3) is 11.0 Å². The summed E-state index contributed by atoms with van der Waals surface area (Å²) in [6, 6.07) is 2.65. The van der Waals surface area contributed by atoms with Crippen molar-refractivity contribution in [2.45, 2.75) is 32.2 Å². The Hall–Kier alpha value is -1.58. The van der Waals surface area contributed by atoms with E-state index in [2.05, 4.69) is 32.8 Å². The number of H-pyrrole nitrogens is 1. The summed E-state index contributed by atoms with van der Waals surface area (Å²) in [6.45, 7) is 3.39. The number of fused-ring (bicyclic) bond motifs is 1. The van der Waals surface area contributed by atoms with Gasteiger partial charge in [-0.2, -0.15) is 0 Å². The highest BCUT2D eigenvalue weighted by molar-refractivity contribution is 5.87. The van der Waals surface area contributed by atoms with Crippen molar-refractivity contribution in [2.75, 3.05) is 11.4 Å². The molecule has 16 heavy (non-hydrogen) atoms. The largest absolute Gasteiger partial charge is 0.353 e. The van der Waals surface area contributed by atoms with Gasteiger partial charge in [-0.05, 0) is 32.3 Å². The SMILES string of the molecule is CC1CCCCN1c1ncnc2[nH]ccc12. The lowest BCUT2D eigenvalue weighted by atomic mass is 10.0. The fourth-order valence-corrected chi connectivity index (χ4v) is 2.50. The van der Waals surface area contributed by atoms with Crippen LogP contribution < -0.4 is 4.90 Å². The molecule has 0 spiro atoms. The molecule has 1 aliphatic heterocycles. The lowest BCUT2D eigenvalue weighted by Crippen LogP contribution is -2.38. The molecule has 0 amide bonds. The number of piperidine rings is 1. The van der Waals surface area contributed by atoms with Crippen LogP contribution >= 0.6 is 0 Å². The van der Waals surface area contributed by atoms with Crippen molar-refractivity contribution in [1.29, 1.82) is 0 Å². The molecule has 3 rings (SSSR count). The van der Waals surface area contributed by atoms with E-state index in [1.165, 1.54) is 19.3 Å². The van der Waals surface area contributed by atoms with Gasteiger partial charge in [-0.1, -0.05) is 0 Å². The van der Waals surface area contributed by atoms with Crippen molar-refractivity contribution in [3.05, 3.63) is 18.6 Å². The predicted octanol–water partition coefficient (Wildman–Crippen LogP) is 2.34. The van der Waals surface area contributed by atoms with Crippen LogP contribution in [-0.4, -0.2) is 27.5 Å². The minimum Gasteiger partial charge on any atom is -0.353 e. The summed E-state index contributed by atoms with van der Waals surface area (Å²) in [4.78, 5) is 14.2. The van der Waals surface area contributed by atoms with Crippen LogP contribution in [0.3, 0.4) is 0 Å². The maximum atomic E-state index is 4.45. The van der Waals surface area contributed by atoms with Gasteiger partial charge in [0.25, 0.3) is 0 Å². The molecule has 4 heteroatoms. The molecule has 3 heterocycles. The van der Waals surface area contributed by atoms with Gasteiger partial charge in [0.05, 0.1) is 5.39 Å². The Kier molecular flexibility index (Phi) is 2.27. The third-order valence-electron chi connectivity index (χ3n) is 3.41. The van der Waals surface area contributed by atoms with E-state index in [-0.39, 0.29) is 0 Å². The van der Waals surface area contributed by atoms with E-state index >= 15 is 0 Å². The summed E-state index contributed by atoms with van der Waals surface area (Å²) < 4.78 is 0. The molecule has 84 valence electrons. The van der Waals surface area contributed by atoms with Crippen LogP contribution in [0.4, 0.5) is 5.82 Å². The van der Waals surface area contributed by atoms with Crippen molar-refractivity contribution >= 4 is 16.9 Å². The number of nitrogens with zero attached hydrogens (tertiary/aromatic N) is 3. The number of hydrogen-bond acceptors (Lipinski definition) is 3. The average Bonchev–Trinajstić information content (AvgIpc) is 2.77. The molecule has 0 bridgehead atoms. The third-order valence-corrected chi connectivity index (χ3v) is 3.41. The minimum absolute atomic E-state index is 0.585. The number of aromatic amines is 1. The predicted molar refractivity (Wildman–Crippen MR) is 64.5 cm³/mol. The zero-order valence-corrected chi connectivity index (χ0v) is 9.48. The first-order valence-corrected chi connectivity index (χ1v) is 5.91. The molecular weight excluding hydrogens is 200 g/mol. The number of nitrogens with one attached hydrogen (secondary N) is 1. The highest BCUT2D eigenvalue weighted by Crippen LogP contribution is 2.27. The van der Waals surface area contributed by atoms with Gasteiger partial charge in [-0.3, -0.25) is 0 Å². The van der Waals surface area contributed by atoms with Gasteiger partial charge in [-0.15, -0.1) is 0 Å². The Morgan fingerprint density at radius 1 is 1.38 bits per heavy atom. The summed E-state index contributed by atoms with van der Waals surface area (Å²) in [7, 11) is 0. The quantitative estimate of drug-likeness (QED) is 0.795. The van der Waals surface area contributed by atoms with E-state index < -0.39 is 0 Å². The Balaban J connectivity index is 2.07. The first-order valence-electron chi connectivity index (χ1n) is 5.91. The van der Waals surface area contributed by atoms with E-state index in [0.29, 0.717) is 6.04 Å². The first kappa shape index (κ1) is 9.63. The van der Waals surface area contributed by atoms with Crippen molar-refractivity contribution < 1.29 is 0 Å². The van der Waals surface area contributed by atoms with Gasteiger partial charge in [0, 0.05) is 18.8 Å². The fourth-order valence-electron chi connectivity index (χ4n) is 2.50. The number of anilines is 1. The van der Waals surface area contributed by atoms with Crippen molar-refractivity contribution in [1.82, 2.24) is 15.0 Å². The van der Waals surface area contributed by atoms with Gasteiger partial charge in [-0.25, -0.2) is 9.97 Å². The molecule has 1 fully saturated rings. The molecule has 0 radical (unpaired) electrons. The maximum Gasteiger partial charge on any atom is 0.142 e. The molecule has 1 unspecified atom stereocenters. The zero-order valence-electron chi connectivity index (χ0n) is 9.48. The number of aromatic nitrogens is 3. The van der Waals surface area contributed by atoms with Crippen LogP contribution in [0, 0.1) is 0 Å². The second-order valence-corrected chi connectivity index (χ2v) is 4.48. The molecule has 2 aromatic heterocycles.